The lowest BCUT2D eigenvalue weighted by Gasteiger charge is -2.10. The molecule has 0 radical (unpaired) electrons. The second-order valence-corrected chi connectivity index (χ2v) is 8.39. The third-order valence-corrected chi connectivity index (χ3v) is 5.75. The van der Waals surface area contributed by atoms with E-state index in [0.29, 0.717) is 12.4 Å². The summed E-state index contributed by atoms with van der Waals surface area (Å²) in [7, 11) is -3.83. The normalized spacial score (nSPS) is 11.4. The van der Waals surface area contributed by atoms with Gasteiger partial charge in [-0.05, 0) is 67.6 Å². The number of hydrogen-bond acceptors (Lipinski definition) is 6. The number of benzene rings is 3. The number of anilines is 1. The maximum atomic E-state index is 12.6. The van der Waals surface area contributed by atoms with Crippen LogP contribution in [0.1, 0.15) is 22.8 Å². The van der Waals surface area contributed by atoms with E-state index in [2.05, 4.69) is 20.0 Å². The lowest BCUT2D eigenvalue weighted by Crippen LogP contribution is -2.18. The van der Waals surface area contributed by atoms with Crippen LogP contribution < -0.4 is 19.6 Å². The number of rotatable bonds is 10. The van der Waals surface area contributed by atoms with Crippen molar-refractivity contribution in [3.05, 3.63) is 83.9 Å². The second-order valence-electron chi connectivity index (χ2n) is 6.70. The summed E-state index contributed by atoms with van der Waals surface area (Å²) in [6, 6.07) is 17.6. The van der Waals surface area contributed by atoms with Crippen molar-refractivity contribution < 1.29 is 31.5 Å². The Balaban J connectivity index is 1.62. The van der Waals surface area contributed by atoms with E-state index in [9.17, 15) is 22.0 Å². The summed E-state index contributed by atoms with van der Waals surface area (Å²) in [6.07, 6.45) is 1.18. The number of carbonyl (C=O) groups excluding carboxylic acids is 1. The molecule has 11 heteroatoms. The summed E-state index contributed by atoms with van der Waals surface area (Å²) in [5, 5.41) is 3.76. The molecule has 3 rings (SSSR count). The number of para-hydroxylation sites is 1. The van der Waals surface area contributed by atoms with E-state index in [0.717, 1.165) is 0 Å². The minimum Gasteiger partial charge on any atom is -0.494 e. The van der Waals surface area contributed by atoms with Crippen molar-refractivity contribution in [3.8, 4) is 11.5 Å². The number of nitrogens with one attached hydrogen (secondary N) is 2. The molecular formula is C23H21F2N3O5S. The van der Waals surface area contributed by atoms with E-state index in [1.54, 1.807) is 18.2 Å². The van der Waals surface area contributed by atoms with E-state index in [1.165, 1.54) is 60.8 Å². The minimum absolute atomic E-state index is 0.0585. The molecule has 0 heterocycles. The van der Waals surface area contributed by atoms with Crippen LogP contribution in [0.25, 0.3) is 0 Å². The fourth-order valence-corrected chi connectivity index (χ4v) is 3.86. The fourth-order valence-electron chi connectivity index (χ4n) is 2.80. The summed E-state index contributed by atoms with van der Waals surface area (Å²) < 4.78 is 62.2. The third-order valence-electron chi connectivity index (χ3n) is 4.35. The van der Waals surface area contributed by atoms with Gasteiger partial charge in [0, 0.05) is 16.8 Å². The van der Waals surface area contributed by atoms with Gasteiger partial charge in [-0.3, -0.25) is 9.52 Å². The molecular weight excluding hydrogens is 468 g/mol. The van der Waals surface area contributed by atoms with Crippen molar-refractivity contribution in [1.29, 1.82) is 0 Å². The van der Waals surface area contributed by atoms with Crippen LogP contribution in [-0.4, -0.2) is 33.8 Å². The topological polar surface area (TPSA) is 106 Å². The number of halogens is 2. The summed E-state index contributed by atoms with van der Waals surface area (Å²) in [4.78, 5) is 12.3. The predicted molar refractivity (Wildman–Crippen MR) is 123 cm³/mol. The lowest BCUT2D eigenvalue weighted by molar-refractivity contribution is -0.0499. The first-order valence-electron chi connectivity index (χ1n) is 10.0. The van der Waals surface area contributed by atoms with E-state index in [-0.39, 0.29) is 27.5 Å². The van der Waals surface area contributed by atoms with Crippen molar-refractivity contribution in [2.24, 2.45) is 5.10 Å². The van der Waals surface area contributed by atoms with Crippen LogP contribution in [-0.2, 0) is 10.0 Å². The first-order chi connectivity index (χ1) is 16.3. The van der Waals surface area contributed by atoms with Gasteiger partial charge in [-0.1, -0.05) is 12.1 Å². The molecule has 0 fully saturated rings. The van der Waals surface area contributed by atoms with Gasteiger partial charge >= 0.3 is 6.61 Å². The molecule has 3 aromatic carbocycles. The van der Waals surface area contributed by atoms with Crippen molar-refractivity contribution in [3.63, 3.8) is 0 Å². The number of amides is 1. The van der Waals surface area contributed by atoms with Crippen LogP contribution in [0.3, 0.4) is 0 Å². The van der Waals surface area contributed by atoms with Gasteiger partial charge in [0.15, 0.2) is 0 Å². The summed E-state index contributed by atoms with van der Waals surface area (Å²) in [5.41, 5.74) is 2.99. The van der Waals surface area contributed by atoms with E-state index in [4.69, 9.17) is 4.74 Å². The van der Waals surface area contributed by atoms with Gasteiger partial charge in [-0.25, -0.2) is 13.8 Å². The number of hydrogen-bond donors (Lipinski definition) is 2. The van der Waals surface area contributed by atoms with Gasteiger partial charge in [0.1, 0.15) is 11.5 Å². The van der Waals surface area contributed by atoms with Crippen molar-refractivity contribution >= 4 is 27.8 Å². The minimum atomic E-state index is -3.83. The highest BCUT2D eigenvalue weighted by Crippen LogP contribution is 2.20. The van der Waals surface area contributed by atoms with Crippen LogP contribution in [0.5, 0.6) is 11.5 Å². The van der Waals surface area contributed by atoms with Gasteiger partial charge < -0.3 is 9.47 Å². The Morgan fingerprint density at radius 1 is 1.03 bits per heavy atom. The smallest absolute Gasteiger partial charge is 0.387 e. The van der Waals surface area contributed by atoms with Gasteiger partial charge in [-0.15, -0.1) is 0 Å². The standard InChI is InChI=1S/C23H21F2N3O5S/c1-2-32-19-11-13-20(14-12-19)34(30,31)28-18-9-7-16(8-10-18)22(29)27-26-15-17-5-3-4-6-21(17)33-23(24)25/h3-15,23,28H,2H2,1H3,(H,27,29). The molecule has 0 aliphatic rings. The Morgan fingerprint density at radius 3 is 2.35 bits per heavy atom. The zero-order valence-electron chi connectivity index (χ0n) is 17.9. The van der Waals surface area contributed by atoms with E-state index >= 15 is 0 Å². The molecule has 8 nitrogen and oxygen atoms in total. The van der Waals surface area contributed by atoms with E-state index < -0.39 is 22.5 Å². The Hall–Kier alpha value is -3.99. The number of hydrazone groups is 1. The molecule has 34 heavy (non-hydrogen) atoms. The average Bonchev–Trinajstić information content (AvgIpc) is 2.80. The molecule has 178 valence electrons. The molecule has 0 aliphatic carbocycles. The molecule has 0 unspecified atom stereocenters. The van der Waals surface area contributed by atoms with Crippen LogP contribution in [0.4, 0.5) is 14.5 Å². The average molecular weight is 490 g/mol. The highest BCUT2D eigenvalue weighted by atomic mass is 32.2. The quantitative estimate of drug-likeness (QED) is 0.327. The Kier molecular flexibility index (Phi) is 8.14. The summed E-state index contributed by atoms with van der Waals surface area (Å²) >= 11 is 0. The predicted octanol–water partition coefficient (Wildman–Crippen LogP) is 4.25. The number of sulfonamides is 1. The molecule has 3 aromatic rings. The second kappa shape index (κ2) is 11.2. The largest absolute Gasteiger partial charge is 0.494 e. The molecule has 1 amide bonds. The van der Waals surface area contributed by atoms with Gasteiger partial charge in [0.05, 0.1) is 17.7 Å². The number of carbonyl (C=O) groups is 1. The summed E-state index contributed by atoms with van der Waals surface area (Å²) in [6.45, 7) is -0.696. The Bertz CT molecular complexity index is 1250. The molecule has 0 aliphatic heterocycles. The zero-order valence-corrected chi connectivity index (χ0v) is 18.8. The lowest BCUT2D eigenvalue weighted by atomic mass is 10.2. The molecule has 0 spiro atoms. The van der Waals surface area contributed by atoms with Gasteiger partial charge in [-0.2, -0.15) is 13.9 Å². The molecule has 0 bridgehead atoms. The molecule has 0 aromatic heterocycles. The molecule has 0 atom stereocenters. The first kappa shape index (κ1) is 24.6. The maximum Gasteiger partial charge on any atom is 0.387 e. The van der Waals surface area contributed by atoms with Crippen molar-refractivity contribution in [2.45, 2.75) is 18.4 Å². The van der Waals surface area contributed by atoms with Crippen LogP contribution >= 0.6 is 0 Å². The Labute approximate surface area is 195 Å². The zero-order chi connectivity index (χ0) is 24.6. The Morgan fingerprint density at radius 2 is 1.71 bits per heavy atom. The van der Waals surface area contributed by atoms with Crippen molar-refractivity contribution in [2.75, 3.05) is 11.3 Å². The monoisotopic (exact) mass is 489 g/mol. The molecule has 0 saturated carbocycles. The van der Waals surface area contributed by atoms with Gasteiger partial charge in [0.25, 0.3) is 15.9 Å². The van der Waals surface area contributed by atoms with Crippen LogP contribution in [0.2, 0.25) is 0 Å². The third kappa shape index (κ3) is 6.75. The highest BCUT2D eigenvalue weighted by Gasteiger charge is 2.15. The van der Waals surface area contributed by atoms with Crippen LogP contribution in [0, 0.1) is 0 Å². The SMILES string of the molecule is CCOc1ccc(S(=O)(=O)Nc2ccc(C(=O)NN=Cc3ccccc3OC(F)F)cc2)cc1. The number of ether oxygens (including phenoxy) is 2. The molecule has 0 saturated heterocycles. The number of nitrogens with zero attached hydrogens (tertiary/aromatic N) is 1. The first-order valence-corrected chi connectivity index (χ1v) is 11.5. The van der Waals surface area contributed by atoms with Crippen molar-refractivity contribution in [1.82, 2.24) is 5.43 Å². The van der Waals surface area contributed by atoms with E-state index in [1.807, 2.05) is 6.92 Å². The molecule has 2 N–H and O–H groups in total. The van der Waals surface area contributed by atoms with Crippen LogP contribution in [0.15, 0.2) is 82.8 Å². The highest BCUT2D eigenvalue weighted by molar-refractivity contribution is 7.92. The maximum absolute atomic E-state index is 12.6. The fraction of sp³-hybridized carbons (Fsp3) is 0.130. The number of alkyl halides is 2. The summed E-state index contributed by atoms with van der Waals surface area (Å²) in [5.74, 6) is -0.103. The van der Waals surface area contributed by atoms with Gasteiger partial charge in [0.2, 0.25) is 0 Å².